The van der Waals surface area contributed by atoms with Crippen LogP contribution in [0.2, 0.25) is 0 Å². The first-order chi connectivity index (χ1) is 7.24. The Labute approximate surface area is 89.1 Å². The number of likely N-dealkylation sites (tertiary alicyclic amines) is 1. The second-order valence-electron chi connectivity index (χ2n) is 3.87. The standard InChI is InChI=1S/C11H15N3O/c12-9-6-14(7-9)8-11(15)13-10-4-2-1-3-5-10/h1-5,9H,6-8,12H2,(H,13,15). The molecule has 3 N–H and O–H groups in total. The van der Waals surface area contributed by atoms with Crippen LogP contribution in [0.15, 0.2) is 30.3 Å². The summed E-state index contributed by atoms with van der Waals surface area (Å²) in [5.74, 6) is 0.0214. The van der Waals surface area contributed by atoms with Crippen molar-refractivity contribution in [3.05, 3.63) is 30.3 Å². The normalized spacial score (nSPS) is 17.1. The lowest BCUT2D eigenvalue weighted by molar-refractivity contribution is -0.118. The SMILES string of the molecule is NC1CN(CC(=O)Nc2ccccc2)C1. The molecule has 1 heterocycles. The number of anilines is 1. The van der Waals surface area contributed by atoms with Gasteiger partial charge in [-0.05, 0) is 12.1 Å². The number of nitrogens with two attached hydrogens (primary N) is 1. The number of nitrogens with zero attached hydrogens (tertiary/aromatic N) is 1. The van der Waals surface area contributed by atoms with Gasteiger partial charge in [-0.15, -0.1) is 0 Å². The van der Waals surface area contributed by atoms with Crippen LogP contribution in [-0.2, 0) is 4.79 Å². The van der Waals surface area contributed by atoms with E-state index in [4.69, 9.17) is 5.73 Å². The summed E-state index contributed by atoms with van der Waals surface area (Å²) in [6.07, 6.45) is 0. The van der Waals surface area contributed by atoms with E-state index in [2.05, 4.69) is 5.32 Å². The molecule has 1 aliphatic rings. The molecule has 80 valence electrons. The van der Waals surface area contributed by atoms with E-state index in [-0.39, 0.29) is 11.9 Å². The van der Waals surface area contributed by atoms with E-state index < -0.39 is 0 Å². The highest BCUT2D eigenvalue weighted by Crippen LogP contribution is 2.07. The summed E-state index contributed by atoms with van der Waals surface area (Å²) in [6.45, 7) is 2.08. The summed E-state index contributed by atoms with van der Waals surface area (Å²) in [5, 5.41) is 2.83. The van der Waals surface area contributed by atoms with Gasteiger partial charge >= 0.3 is 0 Å². The molecule has 0 unspecified atom stereocenters. The Hall–Kier alpha value is -1.39. The Morgan fingerprint density at radius 1 is 1.40 bits per heavy atom. The minimum absolute atomic E-state index is 0.0214. The Morgan fingerprint density at radius 2 is 2.07 bits per heavy atom. The van der Waals surface area contributed by atoms with Gasteiger partial charge in [-0.2, -0.15) is 0 Å². The zero-order valence-electron chi connectivity index (χ0n) is 8.52. The van der Waals surface area contributed by atoms with Crippen molar-refractivity contribution in [1.29, 1.82) is 0 Å². The lowest BCUT2D eigenvalue weighted by Crippen LogP contribution is -2.57. The van der Waals surface area contributed by atoms with Gasteiger partial charge in [-0.3, -0.25) is 9.69 Å². The number of para-hydroxylation sites is 1. The summed E-state index contributed by atoms with van der Waals surface area (Å²) in [6, 6.07) is 9.71. The molecule has 0 aliphatic carbocycles. The molecule has 1 aromatic rings. The monoisotopic (exact) mass is 205 g/mol. The largest absolute Gasteiger partial charge is 0.325 e. The molecule has 1 amide bonds. The van der Waals surface area contributed by atoms with E-state index in [1.807, 2.05) is 35.2 Å². The molecule has 0 atom stereocenters. The number of rotatable bonds is 3. The molecular formula is C11H15N3O. The Bertz CT molecular complexity index is 333. The molecular weight excluding hydrogens is 190 g/mol. The first kappa shape index (κ1) is 10.1. The fraction of sp³-hybridized carbons (Fsp3) is 0.364. The molecule has 0 radical (unpaired) electrons. The lowest BCUT2D eigenvalue weighted by Gasteiger charge is -2.36. The Kier molecular flexibility index (Phi) is 2.99. The molecule has 2 rings (SSSR count). The molecule has 15 heavy (non-hydrogen) atoms. The summed E-state index contributed by atoms with van der Waals surface area (Å²) in [4.78, 5) is 13.6. The maximum Gasteiger partial charge on any atom is 0.238 e. The third-order valence-electron chi connectivity index (χ3n) is 2.41. The maximum absolute atomic E-state index is 11.5. The summed E-state index contributed by atoms with van der Waals surface area (Å²) in [5.41, 5.74) is 6.46. The number of hydrogen-bond acceptors (Lipinski definition) is 3. The predicted molar refractivity (Wildman–Crippen MR) is 59.5 cm³/mol. The number of carbonyl (C=O) groups excluding carboxylic acids is 1. The van der Waals surface area contributed by atoms with E-state index in [0.717, 1.165) is 18.8 Å². The van der Waals surface area contributed by atoms with Gasteiger partial charge in [0.15, 0.2) is 0 Å². The topological polar surface area (TPSA) is 58.4 Å². The highest BCUT2D eigenvalue weighted by atomic mass is 16.2. The quantitative estimate of drug-likeness (QED) is 0.744. The molecule has 0 spiro atoms. The van der Waals surface area contributed by atoms with Crippen LogP contribution >= 0.6 is 0 Å². The van der Waals surface area contributed by atoms with Gasteiger partial charge in [0.2, 0.25) is 5.91 Å². The van der Waals surface area contributed by atoms with Crippen molar-refractivity contribution in [2.75, 3.05) is 25.0 Å². The molecule has 1 saturated heterocycles. The van der Waals surface area contributed by atoms with E-state index in [1.165, 1.54) is 0 Å². The second-order valence-corrected chi connectivity index (χ2v) is 3.87. The van der Waals surface area contributed by atoms with Crippen LogP contribution in [0.4, 0.5) is 5.69 Å². The third-order valence-corrected chi connectivity index (χ3v) is 2.41. The van der Waals surface area contributed by atoms with Gasteiger partial charge in [-0.1, -0.05) is 18.2 Å². The number of carbonyl (C=O) groups is 1. The summed E-state index contributed by atoms with van der Waals surface area (Å²) in [7, 11) is 0. The average molecular weight is 205 g/mol. The van der Waals surface area contributed by atoms with Crippen LogP contribution in [-0.4, -0.2) is 36.5 Å². The van der Waals surface area contributed by atoms with Crippen LogP contribution in [0.5, 0.6) is 0 Å². The maximum atomic E-state index is 11.5. The molecule has 0 saturated carbocycles. The van der Waals surface area contributed by atoms with Gasteiger partial charge in [0.25, 0.3) is 0 Å². The second kappa shape index (κ2) is 4.42. The van der Waals surface area contributed by atoms with Crippen molar-refractivity contribution in [2.45, 2.75) is 6.04 Å². The minimum atomic E-state index is 0.0214. The van der Waals surface area contributed by atoms with Crippen LogP contribution < -0.4 is 11.1 Å². The summed E-state index contributed by atoms with van der Waals surface area (Å²) < 4.78 is 0. The van der Waals surface area contributed by atoms with Crippen LogP contribution in [0.1, 0.15) is 0 Å². The summed E-state index contributed by atoms with van der Waals surface area (Å²) >= 11 is 0. The predicted octanol–water partition coefficient (Wildman–Crippen LogP) is 0.268. The zero-order valence-corrected chi connectivity index (χ0v) is 8.52. The average Bonchev–Trinajstić information content (AvgIpc) is 2.17. The van der Waals surface area contributed by atoms with Gasteiger partial charge in [0.1, 0.15) is 0 Å². The van der Waals surface area contributed by atoms with Crippen LogP contribution in [0.3, 0.4) is 0 Å². The molecule has 4 heteroatoms. The van der Waals surface area contributed by atoms with E-state index >= 15 is 0 Å². The van der Waals surface area contributed by atoms with E-state index in [0.29, 0.717) is 6.54 Å². The van der Waals surface area contributed by atoms with Crippen molar-refractivity contribution in [1.82, 2.24) is 4.90 Å². The van der Waals surface area contributed by atoms with Gasteiger partial charge in [-0.25, -0.2) is 0 Å². The highest BCUT2D eigenvalue weighted by Gasteiger charge is 2.24. The van der Waals surface area contributed by atoms with E-state index in [9.17, 15) is 4.79 Å². The van der Waals surface area contributed by atoms with Crippen LogP contribution in [0.25, 0.3) is 0 Å². The van der Waals surface area contributed by atoms with Crippen molar-refractivity contribution >= 4 is 11.6 Å². The van der Waals surface area contributed by atoms with Gasteiger partial charge in [0, 0.05) is 24.8 Å². The molecule has 1 aliphatic heterocycles. The Morgan fingerprint density at radius 3 is 2.67 bits per heavy atom. The zero-order chi connectivity index (χ0) is 10.7. The highest BCUT2D eigenvalue weighted by molar-refractivity contribution is 5.92. The number of amides is 1. The lowest BCUT2D eigenvalue weighted by atomic mass is 10.1. The Balaban J connectivity index is 1.78. The first-order valence-electron chi connectivity index (χ1n) is 5.07. The number of nitrogens with one attached hydrogen (secondary N) is 1. The van der Waals surface area contributed by atoms with Crippen molar-refractivity contribution in [3.63, 3.8) is 0 Å². The smallest absolute Gasteiger partial charge is 0.238 e. The number of benzene rings is 1. The third kappa shape index (κ3) is 2.78. The van der Waals surface area contributed by atoms with E-state index in [1.54, 1.807) is 0 Å². The minimum Gasteiger partial charge on any atom is -0.325 e. The molecule has 1 aromatic carbocycles. The van der Waals surface area contributed by atoms with Crippen LogP contribution in [0, 0.1) is 0 Å². The number of hydrogen-bond donors (Lipinski definition) is 2. The fourth-order valence-electron chi connectivity index (χ4n) is 1.66. The van der Waals surface area contributed by atoms with Crippen molar-refractivity contribution in [3.8, 4) is 0 Å². The fourth-order valence-corrected chi connectivity index (χ4v) is 1.66. The molecule has 0 bridgehead atoms. The molecule has 1 fully saturated rings. The van der Waals surface area contributed by atoms with Gasteiger partial charge < -0.3 is 11.1 Å². The van der Waals surface area contributed by atoms with Crippen molar-refractivity contribution in [2.24, 2.45) is 5.73 Å². The van der Waals surface area contributed by atoms with Crippen molar-refractivity contribution < 1.29 is 4.79 Å². The van der Waals surface area contributed by atoms with Gasteiger partial charge in [0.05, 0.1) is 6.54 Å². The molecule has 4 nitrogen and oxygen atoms in total. The molecule has 0 aromatic heterocycles. The first-order valence-corrected chi connectivity index (χ1v) is 5.07.